The van der Waals surface area contributed by atoms with Crippen LogP contribution in [0, 0.1) is 68.2 Å². The fourth-order valence-electron chi connectivity index (χ4n) is 19.8. The van der Waals surface area contributed by atoms with Crippen LogP contribution in [0.3, 0.4) is 0 Å². The Hall–Kier alpha value is -9.28. The molecule has 25 heteroatoms. The quantitative estimate of drug-likeness (QED) is 0.0799. The van der Waals surface area contributed by atoms with E-state index >= 15 is 0 Å². The highest BCUT2D eigenvalue weighted by atomic mass is 32.1. The van der Waals surface area contributed by atoms with E-state index in [1.54, 1.807) is 0 Å². The second-order valence-electron chi connectivity index (χ2n) is 41.5. The monoisotopic (exact) mass is 1940 g/mol. The molecule has 9 aromatic rings. The molecule has 10 aliphatic rings. The van der Waals surface area contributed by atoms with Gasteiger partial charge in [-0.25, -0.2) is 19.9 Å². The van der Waals surface area contributed by atoms with Crippen molar-refractivity contribution in [3.05, 3.63) is 220 Å². The molecule has 0 spiro atoms. The lowest BCUT2D eigenvalue weighted by atomic mass is 9.99. The van der Waals surface area contributed by atoms with Crippen molar-refractivity contribution in [2.45, 2.75) is 225 Å². The smallest absolute Gasteiger partial charge is 0.147 e. The molecule has 8 saturated heterocycles. The highest BCUT2D eigenvalue weighted by molar-refractivity contribution is 7.16. The number of likely N-dealkylation sites (N-methyl/N-ethyl adjacent to an activating group) is 5. The van der Waals surface area contributed by atoms with Gasteiger partial charge in [-0.2, -0.15) is 0 Å². The zero-order chi connectivity index (χ0) is 101. The average molecular weight is 1940 g/mol. The van der Waals surface area contributed by atoms with E-state index < -0.39 is 0 Å². The number of nitrogens with zero attached hydrogens (tertiary/aromatic N) is 24. The number of aryl methyl sites for hydroxylation is 9. The van der Waals surface area contributed by atoms with Crippen LogP contribution in [0.5, 0.6) is 0 Å². The molecule has 24 nitrogen and oxygen atoms in total. The minimum absolute atomic E-state index is 0.646. The van der Waals surface area contributed by atoms with E-state index in [9.17, 15) is 0 Å². The van der Waals surface area contributed by atoms with Gasteiger partial charge in [0, 0.05) is 222 Å². The third kappa shape index (κ3) is 38.0. The Kier molecular flexibility index (Phi) is 47.1. The average Bonchev–Trinajstić information content (AvgIpc) is 1.72. The van der Waals surface area contributed by atoms with Crippen molar-refractivity contribution in [2.75, 3.05) is 270 Å². The van der Waals surface area contributed by atoms with Crippen LogP contribution < -0.4 is 39.2 Å². The molecule has 0 N–H and O–H groups in total. The van der Waals surface area contributed by atoms with Gasteiger partial charge in [-0.1, -0.05) is 123 Å². The van der Waals surface area contributed by atoms with Gasteiger partial charge in [0.15, 0.2) is 0 Å². The molecular weight excluding hydrogens is 1760 g/mol. The van der Waals surface area contributed by atoms with Crippen LogP contribution in [-0.4, -0.2) is 340 Å². The van der Waals surface area contributed by atoms with Crippen LogP contribution in [0.1, 0.15) is 188 Å². The molecule has 19 rings (SSSR count). The van der Waals surface area contributed by atoms with Gasteiger partial charge in [-0.15, -0.1) is 11.3 Å². The van der Waals surface area contributed by atoms with Crippen molar-refractivity contribution >= 4 is 62.2 Å². The summed E-state index contributed by atoms with van der Waals surface area (Å²) in [6.07, 6.45) is 32.6. The SMILES string of the molecule is CCC1CCN(c2cnc(C)cn2)C1.CCN(CC)C1CCN(c2cnc(C)cn2)C1.CCN1CCCN(c2cnc(C)cn2)CC1.Cc1ccc(C2=CCN(C)CC2)cc1.Cc1ccc(N2CCCN(C(C)C)CC2)cc1.Cc1ccc(N2CCCN(C(C)C)CC2)s1.Cc1ccc(N2CCCN(C)CC2)cc1.Cc1ccc(N2CCCN(C3CC3)CC2)cc1.Cc1cnc(N2CCC(N(C)C)C2)cn1. The number of benzene rings is 4. The molecule has 772 valence electrons. The number of rotatable bonds is 18. The van der Waals surface area contributed by atoms with Crippen molar-refractivity contribution in [3.8, 4) is 0 Å². The maximum absolute atomic E-state index is 4.45. The number of anilines is 8. The molecule has 3 unspecified atom stereocenters. The molecule has 4 aromatic carbocycles. The molecule has 14 heterocycles. The zero-order valence-electron chi connectivity index (χ0n) is 91.1. The molecule has 1 aliphatic carbocycles. The molecule has 0 radical (unpaired) electrons. The van der Waals surface area contributed by atoms with Gasteiger partial charge in [-0.3, -0.25) is 39.5 Å². The lowest BCUT2D eigenvalue weighted by molar-refractivity contribution is 0.232. The van der Waals surface area contributed by atoms with Gasteiger partial charge in [0.25, 0.3) is 0 Å². The summed E-state index contributed by atoms with van der Waals surface area (Å²) in [7, 11) is 8.64. The van der Waals surface area contributed by atoms with Crippen molar-refractivity contribution < 1.29 is 0 Å². The van der Waals surface area contributed by atoms with E-state index in [1.807, 2.05) is 88.6 Å². The van der Waals surface area contributed by atoms with Gasteiger partial charge >= 0.3 is 0 Å². The summed E-state index contributed by atoms with van der Waals surface area (Å²) in [6, 6.07) is 43.7. The van der Waals surface area contributed by atoms with Gasteiger partial charge in [-0.05, 0) is 287 Å². The third-order valence-electron chi connectivity index (χ3n) is 29.6. The first-order valence-corrected chi connectivity index (χ1v) is 54.9. The Balaban J connectivity index is 0.000000152. The van der Waals surface area contributed by atoms with Crippen LogP contribution >= 0.6 is 11.3 Å². The summed E-state index contributed by atoms with van der Waals surface area (Å²) in [6.45, 7) is 72.8. The van der Waals surface area contributed by atoms with Crippen molar-refractivity contribution in [2.24, 2.45) is 5.92 Å². The lowest BCUT2D eigenvalue weighted by Gasteiger charge is -2.26. The standard InChI is InChI=1S/C15H22N2.C15H24N2.C13H22N4.C13H22N2S.C13H20N2.C13H17N.C12H20N4.C11H18N4.C11H17N3/c1-13-3-5-14(6-4-13)16-9-2-10-17(12-11-16)15-7-8-15;1-13(2)16-9-4-10-17(12-11-16)15-7-5-14(3)6-8-15;1-4-16(5-2)12-6-7-17(10-12)13-9-14-11(3)8-15-13;1-11(2)14-7-4-8-15(10-9-14)13-6-5-12(3)16-13;1-12-4-6-13(7-5-12)15-9-3-8-14(2)10-11-15;1-11-3-5-12(6-4-11)13-7-9-14(2)10-8-13;1-3-15-5-4-6-16(8-7-15)12-10-13-11(2)9-14-12;1-9-6-13-11(7-12-9)15-5-4-10(8-15)14(2)3;1-3-10-4-5-14(8-10)11-7-12-9(2)6-13-11/h3-6,15H,2,7-12H2,1H3;5-8,13H,4,9-12H2,1-3H3;8-9,12H,4-7,10H2,1-3H3;5-6,11H,4,7-10H2,1-3H3;4-7H,3,8-11H2,1-2H3;3-7H,8-10H2,1-2H3;9-10H,3-8H2,1-2H3;6-7,10H,4-5,8H2,1-3H3;6-7,10H,3-5,8H2,1-2H3. The minimum atomic E-state index is 0.646. The van der Waals surface area contributed by atoms with Gasteiger partial charge < -0.3 is 58.8 Å². The highest BCUT2D eigenvalue weighted by Gasteiger charge is 2.32. The zero-order valence-corrected chi connectivity index (χ0v) is 91.9. The fraction of sp³-hybridized carbons (Fsp3) is 0.603. The Bertz CT molecular complexity index is 4870. The van der Waals surface area contributed by atoms with Gasteiger partial charge in [0.05, 0.1) is 77.4 Å². The minimum Gasteiger partial charge on any atom is -0.370 e. The first kappa shape index (κ1) is 112. The predicted molar refractivity (Wildman–Crippen MR) is 601 cm³/mol. The van der Waals surface area contributed by atoms with Crippen molar-refractivity contribution in [3.63, 3.8) is 0 Å². The maximum Gasteiger partial charge on any atom is 0.147 e. The first-order chi connectivity index (χ1) is 68.2. The van der Waals surface area contributed by atoms with Crippen molar-refractivity contribution in [1.82, 2.24) is 79.1 Å². The third-order valence-corrected chi connectivity index (χ3v) is 30.6. The highest BCUT2D eigenvalue weighted by Crippen LogP contribution is 2.32. The summed E-state index contributed by atoms with van der Waals surface area (Å²) in [4.78, 5) is 75.6. The van der Waals surface area contributed by atoms with Crippen molar-refractivity contribution in [1.29, 1.82) is 0 Å². The summed E-state index contributed by atoms with van der Waals surface area (Å²) in [5.74, 6) is 4.92. The Morgan fingerprint density at radius 3 is 1.18 bits per heavy atom. The van der Waals surface area contributed by atoms with Crippen LogP contribution in [0.2, 0.25) is 0 Å². The summed E-state index contributed by atoms with van der Waals surface area (Å²) in [5, 5.41) is 1.45. The van der Waals surface area contributed by atoms with Gasteiger partial charge in [0.2, 0.25) is 0 Å². The second kappa shape index (κ2) is 59.2. The molecule has 0 amide bonds. The maximum atomic E-state index is 4.45. The number of hydrogen-bond donors (Lipinski definition) is 0. The Morgan fingerprint density at radius 1 is 0.348 bits per heavy atom. The van der Waals surface area contributed by atoms with E-state index in [4.69, 9.17) is 0 Å². The number of aromatic nitrogens is 8. The Morgan fingerprint density at radius 2 is 0.759 bits per heavy atom. The van der Waals surface area contributed by atoms with Crippen LogP contribution in [0.15, 0.2) is 165 Å². The first-order valence-electron chi connectivity index (χ1n) is 54.1. The molecule has 9 fully saturated rings. The van der Waals surface area contributed by atoms with Crippen LogP contribution in [0.4, 0.5) is 45.3 Å². The largest absolute Gasteiger partial charge is 0.370 e. The molecule has 5 aromatic heterocycles. The van der Waals surface area contributed by atoms with Crippen LogP contribution in [-0.2, 0) is 0 Å². The summed E-state index contributed by atoms with van der Waals surface area (Å²) in [5.41, 5.74) is 16.3. The van der Waals surface area contributed by atoms with E-state index in [1.165, 1.54) is 242 Å². The number of thiophene rings is 1. The molecule has 9 aliphatic heterocycles. The summed E-state index contributed by atoms with van der Waals surface area (Å²) >= 11 is 1.92. The van der Waals surface area contributed by atoms with Gasteiger partial charge in [0.1, 0.15) is 23.3 Å². The van der Waals surface area contributed by atoms with E-state index in [2.05, 4.69) is 352 Å². The topological polar surface area (TPSA) is 155 Å². The van der Waals surface area contributed by atoms with E-state index in [-0.39, 0.29) is 0 Å². The Labute approximate surface area is 857 Å². The normalized spacial score (nSPS) is 19.9. The molecule has 141 heavy (non-hydrogen) atoms. The van der Waals surface area contributed by atoms with E-state index in [0.29, 0.717) is 24.2 Å². The summed E-state index contributed by atoms with van der Waals surface area (Å²) < 4.78 is 0. The van der Waals surface area contributed by atoms with Crippen LogP contribution in [0.25, 0.3) is 5.57 Å². The molecule has 0 bridgehead atoms. The molecule has 3 atom stereocenters. The lowest BCUT2D eigenvalue weighted by Crippen LogP contribution is -2.37. The second-order valence-corrected chi connectivity index (χ2v) is 42.8. The molecule has 1 saturated carbocycles. The predicted octanol–water partition coefficient (Wildman–Crippen LogP) is 19.4. The van der Waals surface area contributed by atoms with E-state index in [0.717, 1.165) is 156 Å². The molecular formula is C116H182N24S. The fourth-order valence-corrected chi connectivity index (χ4v) is 20.7. The number of hydrogen-bond acceptors (Lipinski definition) is 25.